The first kappa shape index (κ1) is 20.2. The SMILES string of the molecule is CC(C)CC1(C(=O)OC(C)C(=O)OC2CCC3CC2(C)OC3=O)CC1(C)C. The van der Waals surface area contributed by atoms with E-state index in [1.165, 1.54) is 0 Å². The van der Waals surface area contributed by atoms with Crippen LogP contribution in [-0.4, -0.2) is 35.7 Å². The van der Waals surface area contributed by atoms with Crippen molar-refractivity contribution in [2.45, 2.75) is 91.5 Å². The molecule has 0 aromatic carbocycles. The quantitative estimate of drug-likeness (QED) is 0.519. The van der Waals surface area contributed by atoms with Crippen LogP contribution in [0.2, 0.25) is 0 Å². The van der Waals surface area contributed by atoms with Crippen LogP contribution >= 0.6 is 0 Å². The highest BCUT2D eigenvalue weighted by molar-refractivity contribution is 5.85. The van der Waals surface area contributed by atoms with Gasteiger partial charge in [-0.25, -0.2) is 4.79 Å². The summed E-state index contributed by atoms with van der Waals surface area (Å²) < 4.78 is 16.6. The number of hydrogen-bond donors (Lipinski definition) is 0. The second kappa shape index (κ2) is 6.49. The molecule has 1 saturated heterocycles. The van der Waals surface area contributed by atoms with Crippen molar-refractivity contribution < 1.29 is 28.6 Å². The first-order valence-corrected chi connectivity index (χ1v) is 10.0. The number of fused-ring (bicyclic) bond motifs is 2. The van der Waals surface area contributed by atoms with Crippen molar-refractivity contribution >= 4 is 17.9 Å². The van der Waals surface area contributed by atoms with Gasteiger partial charge in [-0.3, -0.25) is 9.59 Å². The maximum atomic E-state index is 12.8. The van der Waals surface area contributed by atoms with E-state index in [2.05, 4.69) is 27.7 Å². The number of carbonyl (C=O) groups excluding carboxylic acids is 3. The molecular weight excluding hydrogens is 348 g/mol. The molecule has 1 heterocycles. The van der Waals surface area contributed by atoms with Crippen molar-refractivity contribution in [3.63, 3.8) is 0 Å². The molecule has 27 heavy (non-hydrogen) atoms. The summed E-state index contributed by atoms with van der Waals surface area (Å²) >= 11 is 0. The molecule has 3 rings (SSSR count). The minimum atomic E-state index is -0.976. The predicted octanol–water partition coefficient (Wildman–Crippen LogP) is 3.41. The topological polar surface area (TPSA) is 78.9 Å². The molecule has 0 radical (unpaired) electrons. The Morgan fingerprint density at radius 2 is 1.81 bits per heavy atom. The van der Waals surface area contributed by atoms with Gasteiger partial charge in [0.15, 0.2) is 6.10 Å². The molecular formula is C21H32O6. The van der Waals surface area contributed by atoms with Crippen LogP contribution in [-0.2, 0) is 28.6 Å². The third kappa shape index (κ3) is 3.47. The van der Waals surface area contributed by atoms with Gasteiger partial charge in [-0.2, -0.15) is 0 Å². The number of carbonyl (C=O) groups is 3. The zero-order valence-electron chi connectivity index (χ0n) is 17.3. The second-order valence-electron chi connectivity index (χ2n) is 9.93. The molecule has 3 fully saturated rings. The van der Waals surface area contributed by atoms with Crippen molar-refractivity contribution in [1.82, 2.24) is 0 Å². The van der Waals surface area contributed by atoms with E-state index in [9.17, 15) is 14.4 Å². The smallest absolute Gasteiger partial charge is 0.347 e. The van der Waals surface area contributed by atoms with Crippen molar-refractivity contribution in [1.29, 1.82) is 0 Å². The van der Waals surface area contributed by atoms with Crippen LogP contribution in [0.4, 0.5) is 0 Å². The number of rotatable bonds is 6. The lowest BCUT2D eigenvalue weighted by Crippen LogP contribution is -2.46. The van der Waals surface area contributed by atoms with Crippen LogP contribution in [0, 0.1) is 22.7 Å². The fourth-order valence-corrected chi connectivity index (χ4v) is 4.93. The summed E-state index contributed by atoms with van der Waals surface area (Å²) in [5.41, 5.74) is -1.39. The molecule has 2 aliphatic carbocycles. The number of esters is 3. The maximum Gasteiger partial charge on any atom is 0.347 e. The zero-order chi connectivity index (χ0) is 20.2. The maximum absolute atomic E-state index is 12.8. The van der Waals surface area contributed by atoms with Gasteiger partial charge in [-0.15, -0.1) is 0 Å². The Kier molecular flexibility index (Phi) is 4.84. The Balaban J connectivity index is 1.60. The largest absolute Gasteiger partial charge is 0.455 e. The first-order valence-electron chi connectivity index (χ1n) is 10.0. The standard InChI is InChI=1S/C21H32O6/c1-12(2)9-21(11-19(21,4)5)18(24)25-13(3)16(22)26-15-8-7-14-10-20(15,6)27-17(14)23/h12-15H,7-11H2,1-6H3. The van der Waals surface area contributed by atoms with E-state index in [1.54, 1.807) is 6.92 Å². The Morgan fingerprint density at radius 3 is 2.37 bits per heavy atom. The van der Waals surface area contributed by atoms with E-state index < -0.39 is 29.2 Å². The van der Waals surface area contributed by atoms with Gasteiger partial charge < -0.3 is 14.2 Å². The molecule has 2 saturated carbocycles. The fraction of sp³-hybridized carbons (Fsp3) is 0.857. The van der Waals surface area contributed by atoms with Crippen LogP contribution in [0.25, 0.3) is 0 Å². The van der Waals surface area contributed by atoms with Gasteiger partial charge in [0.1, 0.15) is 11.7 Å². The summed E-state index contributed by atoms with van der Waals surface area (Å²) in [5.74, 6) is -0.814. The summed E-state index contributed by atoms with van der Waals surface area (Å²) in [5, 5.41) is 0. The van der Waals surface area contributed by atoms with Crippen molar-refractivity contribution in [2.24, 2.45) is 22.7 Å². The Hall–Kier alpha value is -1.59. The molecule has 152 valence electrons. The molecule has 6 nitrogen and oxygen atoms in total. The van der Waals surface area contributed by atoms with Crippen LogP contribution in [0.3, 0.4) is 0 Å². The van der Waals surface area contributed by atoms with Crippen LogP contribution in [0.15, 0.2) is 0 Å². The molecule has 0 aromatic heterocycles. The molecule has 5 unspecified atom stereocenters. The molecule has 0 amide bonds. The van der Waals surface area contributed by atoms with Crippen molar-refractivity contribution in [3.05, 3.63) is 0 Å². The van der Waals surface area contributed by atoms with Gasteiger partial charge in [-0.05, 0) is 50.9 Å². The summed E-state index contributed by atoms with van der Waals surface area (Å²) in [4.78, 5) is 37.2. The van der Waals surface area contributed by atoms with Crippen LogP contribution < -0.4 is 0 Å². The minimum absolute atomic E-state index is 0.0896. The predicted molar refractivity (Wildman–Crippen MR) is 97.6 cm³/mol. The summed E-state index contributed by atoms with van der Waals surface area (Å²) in [6.45, 7) is 11.7. The molecule has 0 aromatic rings. The summed E-state index contributed by atoms with van der Waals surface area (Å²) in [6.07, 6.45) is 1.88. The zero-order valence-corrected chi connectivity index (χ0v) is 17.3. The third-order valence-electron chi connectivity index (χ3n) is 6.71. The average molecular weight is 380 g/mol. The minimum Gasteiger partial charge on any atom is -0.455 e. The van der Waals surface area contributed by atoms with Gasteiger partial charge >= 0.3 is 17.9 Å². The van der Waals surface area contributed by atoms with E-state index in [0.717, 1.165) is 12.8 Å². The van der Waals surface area contributed by atoms with Crippen molar-refractivity contribution in [2.75, 3.05) is 0 Å². The molecule has 5 atom stereocenters. The lowest BCUT2D eigenvalue weighted by atomic mass is 9.80. The van der Waals surface area contributed by atoms with E-state index in [4.69, 9.17) is 14.2 Å². The van der Waals surface area contributed by atoms with E-state index in [-0.39, 0.29) is 23.3 Å². The van der Waals surface area contributed by atoms with Gasteiger partial charge in [0.05, 0.1) is 11.3 Å². The molecule has 2 bridgehead atoms. The monoisotopic (exact) mass is 380 g/mol. The molecule has 0 N–H and O–H groups in total. The summed E-state index contributed by atoms with van der Waals surface area (Å²) in [7, 11) is 0. The number of hydrogen-bond acceptors (Lipinski definition) is 6. The Labute approximate surface area is 161 Å². The third-order valence-corrected chi connectivity index (χ3v) is 6.71. The van der Waals surface area contributed by atoms with E-state index in [0.29, 0.717) is 25.2 Å². The van der Waals surface area contributed by atoms with Crippen molar-refractivity contribution in [3.8, 4) is 0 Å². The van der Waals surface area contributed by atoms with Gasteiger partial charge in [-0.1, -0.05) is 27.7 Å². The highest BCUT2D eigenvalue weighted by atomic mass is 16.6. The van der Waals surface area contributed by atoms with Crippen LogP contribution in [0.5, 0.6) is 0 Å². The Bertz CT molecular complexity index is 653. The highest BCUT2D eigenvalue weighted by Gasteiger charge is 2.67. The van der Waals surface area contributed by atoms with Gasteiger partial charge in [0.25, 0.3) is 0 Å². The first-order chi connectivity index (χ1) is 12.4. The second-order valence-corrected chi connectivity index (χ2v) is 9.93. The van der Waals surface area contributed by atoms with E-state index >= 15 is 0 Å². The summed E-state index contributed by atoms with van der Waals surface area (Å²) in [6, 6.07) is 0. The van der Waals surface area contributed by atoms with Gasteiger partial charge in [0.2, 0.25) is 0 Å². The number of ether oxygens (including phenoxy) is 3. The Morgan fingerprint density at radius 1 is 1.19 bits per heavy atom. The van der Waals surface area contributed by atoms with Crippen LogP contribution in [0.1, 0.15) is 73.6 Å². The normalized spacial score (nSPS) is 37.5. The average Bonchev–Trinajstić information content (AvgIpc) is 2.99. The van der Waals surface area contributed by atoms with E-state index in [1.807, 2.05) is 6.92 Å². The molecule has 0 spiro atoms. The lowest BCUT2D eigenvalue weighted by molar-refractivity contribution is -0.186. The molecule has 6 heteroatoms. The molecule has 1 aliphatic heterocycles. The highest BCUT2D eigenvalue weighted by Crippen LogP contribution is 2.67. The van der Waals surface area contributed by atoms with Gasteiger partial charge in [0, 0.05) is 6.42 Å². The molecule has 3 aliphatic rings. The lowest BCUT2D eigenvalue weighted by Gasteiger charge is -2.35. The fourth-order valence-electron chi connectivity index (χ4n) is 4.93.